The fraction of sp³-hybridized carbons (Fsp3) is 0.143. The summed E-state index contributed by atoms with van der Waals surface area (Å²) in [7, 11) is 0. The molecule has 1 aliphatic rings. The van der Waals surface area contributed by atoms with Crippen molar-refractivity contribution in [1.82, 2.24) is 4.90 Å². The maximum Gasteiger partial charge on any atom is 0.266 e. The maximum atomic E-state index is 12.9. The predicted octanol–water partition coefficient (Wildman–Crippen LogP) is -0.715. The van der Waals surface area contributed by atoms with Crippen LogP contribution in [0.1, 0.15) is 12.0 Å². The van der Waals surface area contributed by atoms with Gasteiger partial charge in [-0.3, -0.25) is 9.69 Å². The molecule has 1 aliphatic heterocycles. The molecule has 0 aromatic heterocycles. The van der Waals surface area contributed by atoms with Gasteiger partial charge in [0.25, 0.3) is 5.91 Å². The molecule has 1 heterocycles. The van der Waals surface area contributed by atoms with E-state index in [0.29, 0.717) is 10.5 Å². The molecular weight excluding hydrogens is 345 g/mol. The number of amides is 1. The largest absolute Gasteiger partial charge is 0.550 e. The number of aliphatic carboxylic acids is 2. The monoisotopic (exact) mass is 353 g/mol. The van der Waals surface area contributed by atoms with Gasteiger partial charge in [0, 0.05) is 12.4 Å². The maximum absolute atomic E-state index is 12.9. The van der Waals surface area contributed by atoms with Crippen molar-refractivity contribution in [2.45, 2.75) is 12.5 Å². The second-order valence-electron chi connectivity index (χ2n) is 4.51. The van der Waals surface area contributed by atoms with E-state index in [2.05, 4.69) is 0 Å². The normalized spacial score (nSPS) is 17.6. The van der Waals surface area contributed by atoms with Crippen molar-refractivity contribution in [3.8, 4) is 0 Å². The van der Waals surface area contributed by atoms with E-state index in [1.807, 2.05) is 0 Å². The van der Waals surface area contributed by atoms with Gasteiger partial charge in [-0.15, -0.1) is 0 Å². The molecule has 1 atom stereocenters. The molecule has 9 heteroatoms. The average Bonchev–Trinajstić information content (AvgIpc) is 2.73. The summed E-state index contributed by atoms with van der Waals surface area (Å²) in [5.74, 6) is -4.58. The average molecular weight is 353 g/mol. The molecule has 1 fully saturated rings. The van der Waals surface area contributed by atoms with Crippen molar-refractivity contribution in [2.75, 3.05) is 0 Å². The fourth-order valence-corrected chi connectivity index (χ4v) is 3.25. The summed E-state index contributed by atoms with van der Waals surface area (Å²) in [5.41, 5.74) is 0.511. The molecule has 6 nitrogen and oxygen atoms in total. The van der Waals surface area contributed by atoms with E-state index in [1.54, 1.807) is 0 Å². The van der Waals surface area contributed by atoms with E-state index >= 15 is 0 Å². The van der Waals surface area contributed by atoms with Gasteiger partial charge in [-0.25, -0.2) is 4.39 Å². The van der Waals surface area contributed by atoms with Crippen LogP contribution in [-0.2, 0) is 14.4 Å². The molecular formula is C14H8FNO5S2-2. The first kappa shape index (κ1) is 17.1. The number of carbonyl (C=O) groups is 3. The second-order valence-corrected chi connectivity index (χ2v) is 6.19. The number of carbonyl (C=O) groups excluding carboxylic acids is 3. The zero-order valence-corrected chi connectivity index (χ0v) is 13.0. The quantitative estimate of drug-likeness (QED) is 0.509. The molecule has 0 radical (unpaired) electrons. The number of thioether (sulfide) groups is 1. The van der Waals surface area contributed by atoms with Gasteiger partial charge in [-0.05, 0) is 23.8 Å². The Morgan fingerprint density at radius 2 is 1.91 bits per heavy atom. The van der Waals surface area contributed by atoms with Crippen molar-refractivity contribution >= 4 is 52.2 Å². The third kappa shape index (κ3) is 3.93. The number of carboxylic acids is 2. The second kappa shape index (κ2) is 6.88. The van der Waals surface area contributed by atoms with Crippen LogP contribution < -0.4 is 10.2 Å². The Morgan fingerprint density at radius 3 is 2.43 bits per heavy atom. The Labute approximate surface area is 139 Å². The minimum atomic E-state index is -1.74. The summed E-state index contributed by atoms with van der Waals surface area (Å²) in [6, 6.07) is 3.52. The first-order valence-corrected chi connectivity index (χ1v) is 7.45. The number of carboxylic acid groups (broad SMARTS) is 2. The number of thiocarbonyl (C=S) groups is 1. The van der Waals surface area contributed by atoms with Crippen LogP contribution in [0.25, 0.3) is 6.08 Å². The number of halogens is 1. The van der Waals surface area contributed by atoms with Gasteiger partial charge in [0.15, 0.2) is 0 Å². The predicted molar refractivity (Wildman–Crippen MR) is 79.8 cm³/mol. The van der Waals surface area contributed by atoms with E-state index in [1.165, 1.54) is 30.3 Å². The summed E-state index contributed by atoms with van der Waals surface area (Å²) >= 11 is 5.77. The van der Waals surface area contributed by atoms with E-state index in [-0.39, 0.29) is 9.23 Å². The third-order valence-corrected chi connectivity index (χ3v) is 4.27. The minimum absolute atomic E-state index is 0.0983. The highest BCUT2D eigenvalue weighted by Gasteiger charge is 2.37. The van der Waals surface area contributed by atoms with E-state index in [9.17, 15) is 29.0 Å². The highest BCUT2D eigenvalue weighted by molar-refractivity contribution is 8.26. The number of hydrogen-bond donors (Lipinski definition) is 0. The molecule has 0 saturated carbocycles. The molecule has 1 saturated heterocycles. The van der Waals surface area contributed by atoms with Crippen LogP contribution in [-0.4, -0.2) is 33.1 Å². The van der Waals surface area contributed by atoms with Gasteiger partial charge in [0.05, 0.1) is 16.9 Å². The van der Waals surface area contributed by atoms with Crippen LogP contribution in [0, 0.1) is 5.82 Å². The summed E-state index contributed by atoms with van der Waals surface area (Å²) in [6.45, 7) is 0. The Balaban J connectivity index is 2.30. The van der Waals surface area contributed by atoms with Crippen LogP contribution in [0.5, 0.6) is 0 Å². The van der Waals surface area contributed by atoms with Crippen molar-refractivity contribution < 1.29 is 29.0 Å². The molecule has 2 rings (SSSR count). The lowest BCUT2D eigenvalue weighted by molar-refractivity contribution is -0.319. The SMILES string of the molecule is O=C([O-])C[C@H](C(=O)[O-])N1C(=O)/C(=C\c2ccc(F)cc2)SC1=S. The summed E-state index contributed by atoms with van der Waals surface area (Å²) < 4.78 is 12.8. The Kier molecular flexibility index (Phi) is 5.12. The molecule has 0 aliphatic carbocycles. The highest BCUT2D eigenvalue weighted by Crippen LogP contribution is 2.34. The number of benzene rings is 1. The lowest BCUT2D eigenvalue weighted by Crippen LogP contribution is -2.52. The van der Waals surface area contributed by atoms with Crippen LogP contribution in [0.3, 0.4) is 0 Å². The molecule has 1 amide bonds. The van der Waals surface area contributed by atoms with Gasteiger partial charge in [0.2, 0.25) is 0 Å². The van der Waals surface area contributed by atoms with Crippen LogP contribution >= 0.6 is 24.0 Å². The molecule has 120 valence electrons. The number of rotatable bonds is 5. The van der Waals surface area contributed by atoms with E-state index in [0.717, 1.165) is 11.8 Å². The molecule has 0 unspecified atom stereocenters. The van der Waals surface area contributed by atoms with Gasteiger partial charge in [-0.2, -0.15) is 0 Å². The summed E-state index contributed by atoms with van der Waals surface area (Å²) in [4.78, 5) is 34.8. The fourth-order valence-electron chi connectivity index (χ4n) is 1.90. The number of hydrogen-bond acceptors (Lipinski definition) is 7. The Hall–Kier alpha value is -2.26. The van der Waals surface area contributed by atoms with Gasteiger partial charge >= 0.3 is 0 Å². The third-order valence-electron chi connectivity index (χ3n) is 2.94. The van der Waals surface area contributed by atoms with Crippen molar-refractivity contribution in [3.63, 3.8) is 0 Å². The zero-order valence-electron chi connectivity index (χ0n) is 11.4. The Bertz CT molecular complexity index is 716. The number of nitrogens with zero attached hydrogens (tertiary/aromatic N) is 1. The molecule has 0 bridgehead atoms. The smallest absolute Gasteiger partial charge is 0.266 e. The zero-order chi connectivity index (χ0) is 17.1. The van der Waals surface area contributed by atoms with Gasteiger partial charge in [0.1, 0.15) is 10.1 Å². The van der Waals surface area contributed by atoms with Crippen LogP contribution in [0.2, 0.25) is 0 Å². The van der Waals surface area contributed by atoms with Crippen molar-refractivity contribution in [2.24, 2.45) is 0 Å². The first-order valence-electron chi connectivity index (χ1n) is 6.23. The van der Waals surface area contributed by atoms with Crippen molar-refractivity contribution in [3.05, 3.63) is 40.6 Å². The van der Waals surface area contributed by atoms with Gasteiger partial charge in [-0.1, -0.05) is 36.1 Å². The summed E-state index contributed by atoms with van der Waals surface area (Å²) in [5, 5.41) is 21.7. The summed E-state index contributed by atoms with van der Waals surface area (Å²) in [6.07, 6.45) is 0.475. The molecule has 1 aromatic carbocycles. The molecule has 0 spiro atoms. The minimum Gasteiger partial charge on any atom is -0.550 e. The topological polar surface area (TPSA) is 101 Å². The standard InChI is InChI=1S/C14H10FNO5S2/c15-8-3-1-7(2-4-8)5-10-12(19)16(14(22)23-10)9(13(20)21)6-11(17)18/h1-5,9H,6H2,(H,17,18)(H,20,21)/p-2/b10-5+/t9-/m1/s1. The van der Waals surface area contributed by atoms with Gasteiger partial charge < -0.3 is 19.8 Å². The molecule has 1 aromatic rings. The lowest BCUT2D eigenvalue weighted by atomic mass is 10.1. The highest BCUT2D eigenvalue weighted by atomic mass is 32.2. The van der Waals surface area contributed by atoms with Crippen LogP contribution in [0.4, 0.5) is 4.39 Å². The molecule has 0 N–H and O–H groups in total. The van der Waals surface area contributed by atoms with E-state index < -0.39 is 36.1 Å². The van der Waals surface area contributed by atoms with Crippen LogP contribution in [0.15, 0.2) is 29.2 Å². The Morgan fingerprint density at radius 1 is 1.30 bits per heavy atom. The van der Waals surface area contributed by atoms with E-state index in [4.69, 9.17) is 12.2 Å². The lowest BCUT2D eigenvalue weighted by Gasteiger charge is -2.27. The van der Waals surface area contributed by atoms with Crippen molar-refractivity contribution in [1.29, 1.82) is 0 Å². The first-order chi connectivity index (χ1) is 10.8. The molecule has 23 heavy (non-hydrogen) atoms.